The van der Waals surface area contributed by atoms with Gasteiger partial charge in [-0.1, -0.05) is 42.1 Å². The molecule has 1 aromatic heterocycles. The first-order valence-corrected chi connectivity index (χ1v) is 9.41. The molecule has 26 heavy (non-hydrogen) atoms. The van der Waals surface area contributed by atoms with Crippen molar-refractivity contribution in [3.8, 4) is 0 Å². The molecule has 3 rings (SSSR count). The Morgan fingerprint density at radius 1 is 1.08 bits per heavy atom. The minimum Gasteiger partial charge on any atom is -0.422 e. The molecule has 0 fully saturated rings. The van der Waals surface area contributed by atoms with Gasteiger partial charge in [0.1, 0.15) is 5.58 Å². The number of rotatable bonds is 3. The normalized spacial score (nSPS) is 11.9. The third-order valence-corrected chi connectivity index (χ3v) is 5.40. The van der Waals surface area contributed by atoms with Crippen LogP contribution >= 0.6 is 11.8 Å². The molecule has 0 unspecified atom stereocenters. The molecule has 3 aromatic rings. The molecule has 0 amide bonds. The Morgan fingerprint density at radius 3 is 2.46 bits per heavy atom. The van der Waals surface area contributed by atoms with E-state index < -0.39 is 0 Å². The summed E-state index contributed by atoms with van der Waals surface area (Å²) in [6.07, 6.45) is 0. The molecule has 0 aliphatic rings. The van der Waals surface area contributed by atoms with Crippen LogP contribution in [-0.2, 0) is 5.75 Å². The zero-order valence-electron chi connectivity index (χ0n) is 15.4. The predicted octanol–water partition coefficient (Wildman–Crippen LogP) is 4.91. The van der Waals surface area contributed by atoms with Gasteiger partial charge in [0.15, 0.2) is 5.17 Å². The standard InChI is InChI=1S/C21H22N2O2S/c1-12-8-9-17-16(10-18(24)25-20(17)15(12)4)11-26-21(22)23-19-13(2)6-5-7-14(19)3/h5-10H,11H2,1-4H3,(H2,22,23). The van der Waals surface area contributed by atoms with E-state index in [2.05, 4.69) is 4.99 Å². The summed E-state index contributed by atoms with van der Waals surface area (Å²) in [5, 5.41) is 1.42. The number of benzene rings is 2. The second kappa shape index (κ2) is 7.38. The molecule has 0 aliphatic heterocycles. The molecule has 0 spiro atoms. The largest absolute Gasteiger partial charge is 0.422 e. The van der Waals surface area contributed by atoms with Gasteiger partial charge in [-0.25, -0.2) is 9.79 Å². The molecule has 2 aromatic carbocycles. The highest BCUT2D eigenvalue weighted by atomic mass is 32.2. The van der Waals surface area contributed by atoms with Crippen LogP contribution in [0.25, 0.3) is 11.0 Å². The second-order valence-corrected chi connectivity index (χ2v) is 7.45. The number of hydrogen-bond donors (Lipinski definition) is 1. The van der Waals surface area contributed by atoms with Crippen LogP contribution in [0.2, 0.25) is 0 Å². The summed E-state index contributed by atoms with van der Waals surface area (Å²) in [5.41, 5.74) is 12.5. The van der Waals surface area contributed by atoms with Gasteiger partial charge in [-0.05, 0) is 55.5 Å². The van der Waals surface area contributed by atoms with Crippen molar-refractivity contribution in [3.63, 3.8) is 0 Å². The van der Waals surface area contributed by atoms with Gasteiger partial charge in [0, 0.05) is 17.2 Å². The van der Waals surface area contributed by atoms with E-state index in [4.69, 9.17) is 10.2 Å². The summed E-state index contributed by atoms with van der Waals surface area (Å²) < 4.78 is 5.42. The summed E-state index contributed by atoms with van der Waals surface area (Å²) in [5.74, 6) is 0.560. The lowest BCUT2D eigenvalue weighted by Crippen LogP contribution is -2.08. The van der Waals surface area contributed by atoms with Crippen molar-refractivity contribution in [2.45, 2.75) is 33.4 Å². The average Bonchev–Trinajstić information content (AvgIpc) is 2.60. The van der Waals surface area contributed by atoms with Crippen molar-refractivity contribution in [2.24, 2.45) is 10.7 Å². The minimum absolute atomic E-state index is 0.341. The Balaban J connectivity index is 1.92. The van der Waals surface area contributed by atoms with E-state index in [1.165, 1.54) is 17.8 Å². The van der Waals surface area contributed by atoms with Crippen molar-refractivity contribution in [2.75, 3.05) is 0 Å². The van der Waals surface area contributed by atoms with E-state index in [0.717, 1.165) is 38.9 Å². The SMILES string of the molecule is Cc1cccc(C)c1N=C(N)SCc1cc(=O)oc2c(C)c(C)ccc12. The molecule has 0 radical (unpaired) electrons. The summed E-state index contributed by atoms with van der Waals surface area (Å²) in [6.45, 7) is 8.01. The van der Waals surface area contributed by atoms with Crippen molar-refractivity contribution < 1.29 is 4.42 Å². The average molecular weight is 366 g/mol. The van der Waals surface area contributed by atoms with Gasteiger partial charge >= 0.3 is 5.63 Å². The fourth-order valence-corrected chi connectivity index (χ4v) is 3.62. The topological polar surface area (TPSA) is 68.6 Å². The Labute approximate surface area is 157 Å². The molecule has 2 N–H and O–H groups in total. The van der Waals surface area contributed by atoms with Gasteiger partial charge < -0.3 is 10.2 Å². The van der Waals surface area contributed by atoms with E-state index in [1.54, 1.807) is 0 Å². The molecular weight excluding hydrogens is 344 g/mol. The lowest BCUT2D eigenvalue weighted by molar-refractivity contribution is 0.557. The number of fused-ring (bicyclic) bond motifs is 1. The van der Waals surface area contributed by atoms with Crippen LogP contribution in [0.15, 0.2) is 50.6 Å². The number of aryl methyl sites for hydroxylation is 4. The van der Waals surface area contributed by atoms with Gasteiger partial charge in [-0.3, -0.25) is 0 Å². The zero-order valence-corrected chi connectivity index (χ0v) is 16.2. The van der Waals surface area contributed by atoms with Crippen molar-refractivity contribution in [1.82, 2.24) is 0 Å². The highest BCUT2D eigenvalue weighted by Crippen LogP contribution is 2.27. The number of para-hydroxylation sites is 1. The number of amidine groups is 1. The second-order valence-electron chi connectivity index (χ2n) is 6.45. The van der Waals surface area contributed by atoms with E-state index in [9.17, 15) is 4.79 Å². The molecule has 0 aliphatic carbocycles. The van der Waals surface area contributed by atoms with Crippen molar-refractivity contribution in [1.29, 1.82) is 0 Å². The molecule has 0 saturated carbocycles. The first-order valence-electron chi connectivity index (χ1n) is 8.43. The van der Waals surface area contributed by atoms with E-state index in [0.29, 0.717) is 16.5 Å². The van der Waals surface area contributed by atoms with E-state index in [-0.39, 0.29) is 5.63 Å². The molecule has 4 nitrogen and oxygen atoms in total. The number of thioether (sulfide) groups is 1. The smallest absolute Gasteiger partial charge is 0.336 e. The zero-order chi connectivity index (χ0) is 18.8. The van der Waals surface area contributed by atoms with Gasteiger partial charge in [0.05, 0.1) is 5.69 Å². The van der Waals surface area contributed by atoms with E-state index >= 15 is 0 Å². The lowest BCUT2D eigenvalue weighted by atomic mass is 10.0. The van der Waals surface area contributed by atoms with Gasteiger partial charge in [-0.2, -0.15) is 0 Å². The monoisotopic (exact) mass is 366 g/mol. The van der Waals surface area contributed by atoms with Crippen LogP contribution in [-0.4, -0.2) is 5.17 Å². The molecule has 0 saturated heterocycles. The maximum absolute atomic E-state index is 12.0. The van der Waals surface area contributed by atoms with Gasteiger partial charge in [0.25, 0.3) is 0 Å². The van der Waals surface area contributed by atoms with E-state index in [1.807, 2.05) is 58.0 Å². The minimum atomic E-state index is -0.341. The van der Waals surface area contributed by atoms with Crippen LogP contribution in [0.1, 0.15) is 27.8 Å². The van der Waals surface area contributed by atoms with Crippen molar-refractivity contribution >= 4 is 33.6 Å². The summed E-state index contributed by atoms with van der Waals surface area (Å²) in [6, 6.07) is 11.6. The van der Waals surface area contributed by atoms with Crippen LogP contribution < -0.4 is 11.4 Å². The Hall–Kier alpha value is -2.53. The predicted molar refractivity (Wildman–Crippen MR) is 110 cm³/mol. The highest BCUT2D eigenvalue weighted by Gasteiger charge is 2.10. The Bertz CT molecular complexity index is 1050. The first kappa shape index (κ1) is 18.3. The van der Waals surface area contributed by atoms with Crippen LogP contribution in [0.5, 0.6) is 0 Å². The highest BCUT2D eigenvalue weighted by molar-refractivity contribution is 8.13. The van der Waals surface area contributed by atoms with Crippen LogP contribution in [0, 0.1) is 27.7 Å². The summed E-state index contributed by atoms with van der Waals surface area (Å²) in [4.78, 5) is 16.5. The third-order valence-electron chi connectivity index (χ3n) is 4.55. The van der Waals surface area contributed by atoms with Gasteiger partial charge in [-0.15, -0.1) is 0 Å². The van der Waals surface area contributed by atoms with Crippen molar-refractivity contribution in [3.05, 3.63) is 74.6 Å². The molecule has 5 heteroatoms. The third kappa shape index (κ3) is 3.68. The van der Waals surface area contributed by atoms with Gasteiger partial charge in [0.2, 0.25) is 0 Å². The maximum atomic E-state index is 12.0. The maximum Gasteiger partial charge on any atom is 0.336 e. The summed E-state index contributed by atoms with van der Waals surface area (Å²) >= 11 is 1.42. The molecule has 0 atom stereocenters. The molecule has 1 heterocycles. The number of hydrogen-bond acceptors (Lipinski definition) is 4. The Morgan fingerprint density at radius 2 is 1.77 bits per heavy atom. The number of nitrogens with two attached hydrogens (primary N) is 1. The quantitative estimate of drug-likeness (QED) is 0.406. The molecular formula is C21H22N2O2S. The Kier molecular flexibility index (Phi) is 5.18. The number of aliphatic imine (C=N–C) groups is 1. The fraction of sp³-hybridized carbons (Fsp3) is 0.238. The van der Waals surface area contributed by atoms with Crippen LogP contribution in [0.3, 0.4) is 0 Å². The molecule has 134 valence electrons. The van der Waals surface area contributed by atoms with Crippen LogP contribution in [0.4, 0.5) is 5.69 Å². The molecule has 0 bridgehead atoms. The number of nitrogens with zero attached hydrogens (tertiary/aromatic N) is 1. The first-order chi connectivity index (χ1) is 12.4. The summed E-state index contributed by atoms with van der Waals surface area (Å²) in [7, 11) is 0. The fourth-order valence-electron chi connectivity index (χ4n) is 2.92. The lowest BCUT2D eigenvalue weighted by Gasteiger charge is -2.09.